The normalized spacial score (nSPS) is 11.8. The number of nitrogens with zero attached hydrogens (tertiary/aromatic N) is 1. The van der Waals surface area contributed by atoms with E-state index in [0.29, 0.717) is 26.6 Å². The third kappa shape index (κ3) is 4.46. The molecule has 0 saturated heterocycles. The van der Waals surface area contributed by atoms with Crippen LogP contribution in [0.3, 0.4) is 0 Å². The van der Waals surface area contributed by atoms with Crippen LogP contribution >= 0.6 is 42.4 Å². The second kappa shape index (κ2) is 9.00. The van der Waals surface area contributed by atoms with Gasteiger partial charge < -0.3 is 14.4 Å². The van der Waals surface area contributed by atoms with Crippen LogP contribution < -0.4 is 10.8 Å². The topological polar surface area (TPSA) is 60.5 Å². The number of nitrogens with one attached hydrogen (secondary N) is 1. The molecule has 0 bridgehead atoms. The SMILES string of the molecule is CCOP(=O)(OCC)c1nc2ccc(Cl)cc2c(Nc2ccc(Cl)cc2)c1Cl. The van der Waals surface area contributed by atoms with Gasteiger partial charge in [-0.15, -0.1) is 0 Å². The predicted molar refractivity (Wildman–Crippen MR) is 117 cm³/mol. The first-order valence-electron chi connectivity index (χ1n) is 8.59. The van der Waals surface area contributed by atoms with E-state index in [1.54, 1.807) is 56.3 Å². The first-order chi connectivity index (χ1) is 13.4. The van der Waals surface area contributed by atoms with Crippen LogP contribution in [0, 0.1) is 0 Å². The summed E-state index contributed by atoms with van der Waals surface area (Å²) in [6.07, 6.45) is 0. The minimum atomic E-state index is -3.70. The van der Waals surface area contributed by atoms with Gasteiger partial charge in [-0.2, -0.15) is 0 Å². The molecule has 0 radical (unpaired) electrons. The van der Waals surface area contributed by atoms with Crippen molar-refractivity contribution >= 4 is 70.1 Å². The highest BCUT2D eigenvalue weighted by Crippen LogP contribution is 2.50. The van der Waals surface area contributed by atoms with Gasteiger partial charge in [-0.1, -0.05) is 34.8 Å². The summed E-state index contributed by atoms with van der Waals surface area (Å²) in [7, 11) is -3.70. The lowest BCUT2D eigenvalue weighted by Gasteiger charge is -2.20. The van der Waals surface area contributed by atoms with Crippen molar-refractivity contribution in [3.05, 3.63) is 57.5 Å². The van der Waals surface area contributed by atoms with E-state index in [1.165, 1.54) is 0 Å². The summed E-state index contributed by atoms with van der Waals surface area (Å²) in [6.45, 7) is 3.84. The van der Waals surface area contributed by atoms with E-state index < -0.39 is 7.60 Å². The molecule has 1 heterocycles. The highest BCUT2D eigenvalue weighted by Gasteiger charge is 2.33. The minimum Gasteiger partial charge on any atom is -0.354 e. The third-order valence-corrected chi connectivity index (χ3v) is 6.87. The Labute approximate surface area is 178 Å². The van der Waals surface area contributed by atoms with E-state index in [4.69, 9.17) is 43.9 Å². The summed E-state index contributed by atoms with van der Waals surface area (Å²) >= 11 is 18.8. The van der Waals surface area contributed by atoms with Gasteiger partial charge in [0.25, 0.3) is 0 Å². The summed E-state index contributed by atoms with van der Waals surface area (Å²) in [4.78, 5) is 4.48. The number of fused-ring (bicyclic) bond motifs is 1. The Morgan fingerprint density at radius 1 is 0.964 bits per heavy atom. The van der Waals surface area contributed by atoms with Crippen molar-refractivity contribution in [1.29, 1.82) is 0 Å². The standard InChI is InChI=1S/C19H18Cl3N2O3P/c1-3-26-28(25,27-4-2)19-17(22)18(23-14-8-5-12(20)6-9-14)15-11-13(21)7-10-16(15)24-19/h5-11H,3-4H2,1-2H3,(H,23,24). The fourth-order valence-corrected chi connectivity index (χ4v) is 5.06. The molecule has 0 unspecified atom stereocenters. The summed E-state index contributed by atoms with van der Waals surface area (Å²) in [5, 5.41) is 5.20. The zero-order chi connectivity index (χ0) is 20.3. The van der Waals surface area contributed by atoms with Crippen molar-refractivity contribution in [3.8, 4) is 0 Å². The number of pyridine rings is 1. The van der Waals surface area contributed by atoms with E-state index in [1.807, 2.05) is 0 Å². The lowest BCUT2D eigenvalue weighted by molar-refractivity contribution is 0.229. The Bertz CT molecular complexity index is 1030. The maximum atomic E-state index is 13.3. The summed E-state index contributed by atoms with van der Waals surface area (Å²) in [5.41, 5.74) is 1.86. The van der Waals surface area contributed by atoms with E-state index in [0.717, 1.165) is 5.69 Å². The molecule has 1 N–H and O–H groups in total. The number of aromatic nitrogens is 1. The number of hydrogen-bond acceptors (Lipinski definition) is 5. The van der Waals surface area contributed by atoms with Crippen LogP contribution in [0.2, 0.25) is 15.1 Å². The molecule has 28 heavy (non-hydrogen) atoms. The van der Waals surface area contributed by atoms with Gasteiger partial charge in [0.15, 0.2) is 5.44 Å². The number of benzene rings is 2. The zero-order valence-corrected chi connectivity index (χ0v) is 18.4. The van der Waals surface area contributed by atoms with Gasteiger partial charge in [0.2, 0.25) is 0 Å². The molecule has 0 amide bonds. The van der Waals surface area contributed by atoms with E-state index >= 15 is 0 Å². The molecule has 2 aromatic carbocycles. The monoisotopic (exact) mass is 458 g/mol. The molecule has 0 aliphatic rings. The molecule has 1 aromatic heterocycles. The van der Waals surface area contributed by atoms with E-state index in [2.05, 4.69) is 10.3 Å². The van der Waals surface area contributed by atoms with Gasteiger partial charge in [0, 0.05) is 21.1 Å². The molecule has 3 aromatic rings. The first-order valence-corrected chi connectivity index (χ1v) is 11.3. The van der Waals surface area contributed by atoms with Crippen molar-refractivity contribution in [2.24, 2.45) is 0 Å². The molecular formula is C19H18Cl3N2O3P. The Morgan fingerprint density at radius 2 is 1.57 bits per heavy atom. The zero-order valence-electron chi connectivity index (χ0n) is 15.2. The molecule has 148 valence electrons. The van der Waals surface area contributed by atoms with Crippen LogP contribution in [-0.4, -0.2) is 18.2 Å². The highest BCUT2D eigenvalue weighted by atomic mass is 35.5. The molecule has 0 saturated carbocycles. The number of halogens is 3. The Morgan fingerprint density at radius 3 is 2.18 bits per heavy atom. The van der Waals surface area contributed by atoms with Crippen LogP contribution in [0.5, 0.6) is 0 Å². The van der Waals surface area contributed by atoms with Gasteiger partial charge in [0.1, 0.15) is 0 Å². The molecule has 9 heteroatoms. The van der Waals surface area contributed by atoms with Crippen molar-refractivity contribution in [2.75, 3.05) is 18.5 Å². The molecule has 0 spiro atoms. The van der Waals surface area contributed by atoms with Crippen LogP contribution in [-0.2, 0) is 13.6 Å². The van der Waals surface area contributed by atoms with E-state index in [-0.39, 0.29) is 23.7 Å². The second-order valence-electron chi connectivity index (χ2n) is 5.75. The fraction of sp³-hybridized carbons (Fsp3) is 0.211. The Kier molecular flexibility index (Phi) is 6.87. The van der Waals surface area contributed by atoms with Gasteiger partial charge in [-0.05, 0) is 56.3 Å². The van der Waals surface area contributed by atoms with Crippen molar-refractivity contribution < 1.29 is 13.6 Å². The maximum Gasteiger partial charge on any atom is 0.381 e. The molecule has 0 fully saturated rings. The summed E-state index contributed by atoms with van der Waals surface area (Å²) in [6, 6.07) is 12.3. The molecule has 3 rings (SSSR count). The summed E-state index contributed by atoms with van der Waals surface area (Å²) in [5.74, 6) is 0. The lowest BCUT2D eigenvalue weighted by Crippen LogP contribution is -2.17. The molecular weight excluding hydrogens is 442 g/mol. The average Bonchev–Trinajstić information content (AvgIpc) is 2.66. The van der Waals surface area contributed by atoms with Crippen molar-refractivity contribution in [3.63, 3.8) is 0 Å². The average molecular weight is 460 g/mol. The van der Waals surface area contributed by atoms with Gasteiger partial charge in [0.05, 0.1) is 29.4 Å². The smallest absolute Gasteiger partial charge is 0.354 e. The van der Waals surface area contributed by atoms with Crippen molar-refractivity contribution in [1.82, 2.24) is 4.98 Å². The quantitative estimate of drug-likeness (QED) is 0.392. The maximum absolute atomic E-state index is 13.3. The van der Waals surface area contributed by atoms with Crippen LogP contribution in [0.25, 0.3) is 10.9 Å². The fourth-order valence-electron chi connectivity index (χ4n) is 2.68. The molecule has 0 atom stereocenters. The Hall–Kier alpha value is -1.33. The largest absolute Gasteiger partial charge is 0.381 e. The predicted octanol–water partition coefficient (Wildman–Crippen LogP) is 6.83. The van der Waals surface area contributed by atoms with Crippen LogP contribution in [0.1, 0.15) is 13.8 Å². The number of hydrogen-bond donors (Lipinski definition) is 1. The van der Waals surface area contributed by atoms with Crippen molar-refractivity contribution in [2.45, 2.75) is 13.8 Å². The molecule has 0 aliphatic heterocycles. The molecule has 5 nitrogen and oxygen atoms in total. The Balaban J connectivity index is 2.24. The van der Waals surface area contributed by atoms with E-state index in [9.17, 15) is 4.57 Å². The minimum absolute atomic E-state index is 0.0594. The van der Waals surface area contributed by atoms with Gasteiger partial charge >= 0.3 is 7.60 Å². The summed E-state index contributed by atoms with van der Waals surface area (Å²) < 4.78 is 24.2. The lowest BCUT2D eigenvalue weighted by atomic mass is 10.1. The van der Waals surface area contributed by atoms with Crippen LogP contribution in [0.4, 0.5) is 11.4 Å². The first kappa shape index (κ1) is 21.4. The number of rotatable bonds is 7. The highest BCUT2D eigenvalue weighted by molar-refractivity contribution is 7.62. The van der Waals surface area contributed by atoms with Gasteiger partial charge in [-0.25, -0.2) is 4.98 Å². The second-order valence-corrected chi connectivity index (χ2v) is 8.94. The third-order valence-electron chi connectivity index (χ3n) is 3.84. The van der Waals surface area contributed by atoms with Crippen LogP contribution in [0.15, 0.2) is 42.5 Å². The number of anilines is 2. The van der Waals surface area contributed by atoms with Gasteiger partial charge in [-0.3, -0.25) is 4.57 Å². The molecule has 0 aliphatic carbocycles.